The van der Waals surface area contributed by atoms with E-state index in [-0.39, 0.29) is 10.8 Å². The van der Waals surface area contributed by atoms with Crippen molar-refractivity contribution < 1.29 is 4.79 Å². The van der Waals surface area contributed by atoms with Crippen molar-refractivity contribution in [2.45, 2.75) is 127 Å². The molecule has 6 atom stereocenters. The van der Waals surface area contributed by atoms with Crippen LogP contribution in [-0.4, -0.2) is 5.78 Å². The van der Waals surface area contributed by atoms with Gasteiger partial charge in [-0.15, -0.1) is 0 Å². The molecule has 0 amide bonds. The third kappa shape index (κ3) is 3.57. The average Bonchev–Trinajstić information content (AvgIpc) is 3.03. The van der Waals surface area contributed by atoms with E-state index in [1.165, 1.54) is 51.4 Å². The average molecular weight is 453 g/mol. The van der Waals surface area contributed by atoms with E-state index in [1.54, 1.807) is 5.57 Å². The molecule has 33 heavy (non-hydrogen) atoms. The van der Waals surface area contributed by atoms with Gasteiger partial charge < -0.3 is 0 Å². The molecule has 2 saturated carbocycles. The van der Waals surface area contributed by atoms with Gasteiger partial charge in [0.2, 0.25) is 0 Å². The maximum Gasteiger partial charge on any atom is 0.138 e. The number of Topliss-reactive ketones (excluding diaryl/α,β-unsaturated/α-hetero) is 1. The zero-order valence-electron chi connectivity index (χ0n) is 23.4. The van der Waals surface area contributed by atoms with E-state index in [1.807, 2.05) is 11.1 Å². The molecule has 4 aliphatic rings. The highest BCUT2D eigenvalue weighted by molar-refractivity contribution is 5.85. The van der Waals surface area contributed by atoms with Crippen LogP contribution in [-0.2, 0) is 4.79 Å². The number of fused-ring (bicyclic) bond motifs is 4. The van der Waals surface area contributed by atoms with Crippen molar-refractivity contribution >= 4 is 5.78 Å². The van der Waals surface area contributed by atoms with Crippen LogP contribution in [0.25, 0.3) is 0 Å². The molecule has 2 fully saturated rings. The molecular formula is C32H52O. The first-order chi connectivity index (χ1) is 15.3. The maximum atomic E-state index is 12.8. The predicted molar refractivity (Wildman–Crippen MR) is 141 cm³/mol. The van der Waals surface area contributed by atoms with Crippen LogP contribution in [0.5, 0.6) is 0 Å². The van der Waals surface area contributed by atoms with Crippen LogP contribution in [0, 0.1) is 45.3 Å². The van der Waals surface area contributed by atoms with Gasteiger partial charge in [-0.1, -0.05) is 78.2 Å². The van der Waals surface area contributed by atoms with E-state index >= 15 is 0 Å². The number of ketones is 1. The molecule has 0 aromatic carbocycles. The zero-order valence-corrected chi connectivity index (χ0v) is 23.4. The van der Waals surface area contributed by atoms with Gasteiger partial charge in [0.25, 0.3) is 0 Å². The molecule has 4 aliphatic carbocycles. The number of carbonyl (C=O) groups excluding carboxylic acids is 1. The number of rotatable bonds is 5. The van der Waals surface area contributed by atoms with Crippen molar-refractivity contribution in [3.05, 3.63) is 22.8 Å². The van der Waals surface area contributed by atoms with Crippen molar-refractivity contribution in [2.24, 2.45) is 45.3 Å². The molecular weight excluding hydrogens is 400 g/mol. The van der Waals surface area contributed by atoms with Gasteiger partial charge in [0, 0.05) is 11.8 Å². The molecule has 0 saturated heterocycles. The smallest absolute Gasteiger partial charge is 0.138 e. The summed E-state index contributed by atoms with van der Waals surface area (Å²) in [6.07, 6.45) is 14.7. The Labute approximate surface area is 205 Å². The highest BCUT2D eigenvalue weighted by Crippen LogP contribution is 2.72. The Balaban J connectivity index is 1.62. The minimum Gasteiger partial charge on any atom is -0.299 e. The fraction of sp³-hybridized carbons (Fsp3) is 0.844. The molecule has 1 heteroatoms. The van der Waals surface area contributed by atoms with Crippen LogP contribution in [0.3, 0.4) is 0 Å². The fourth-order valence-electron chi connectivity index (χ4n) is 9.80. The van der Waals surface area contributed by atoms with Crippen molar-refractivity contribution in [1.29, 1.82) is 0 Å². The first-order valence-corrected chi connectivity index (χ1v) is 14.2. The molecule has 1 nitrogen and oxygen atoms in total. The van der Waals surface area contributed by atoms with Gasteiger partial charge in [0.05, 0.1) is 0 Å². The van der Waals surface area contributed by atoms with E-state index in [0.717, 1.165) is 24.7 Å². The Morgan fingerprint density at radius 1 is 0.939 bits per heavy atom. The van der Waals surface area contributed by atoms with Gasteiger partial charge in [-0.3, -0.25) is 4.79 Å². The third-order valence-corrected chi connectivity index (χ3v) is 12.2. The molecule has 0 aliphatic heterocycles. The van der Waals surface area contributed by atoms with Crippen LogP contribution in [0.4, 0.5) is 0 Å². The first-order valence-electron chi connectivity index (χ1n) is 14.2. The van der Waals surface area contributed by atoms with E-state index < -0.39 is 0 Å². The summed E-state index contributed by atoms with van der Waals surface area (Å²) in [7, 11) is 0. The van der Waals surface area contributed by atoms with Crippen molar-refractivity contribution in [3.63, 3.8) is 0 Å². The van der Waals surface area contributed by atoms with Crippen LogP contribution in [0.1, 0.15) is 127 Å². The second-order valence-electron chi connectivity index (χ2n) is 14.0. The fourth-order valence-corrected chi connectivity index (χ4v) is 9.80. The van der Waals surface area contributed by atoms with Gasteiger partial charge in [0.15, 0.2) is 0 Å². The van der Waals surface area contributed by atoms with Crippen LogP contribution < -0.4 is 0 Å². The van der Waals surface area contributed by atoms with E-state index in [9.17, 15) is 4.79 Å². The lowest BCUT2D eigenvalue weighted by Crippen LogP contribution is -2.53. The highest BCUT2D eigenvalue weighted by atomic mass is 16.1. The molecule has 0 heterocycles. The Morgan fingerprint density at radius 2 is 1.64 bits per heavy atom. The van der Waals surface area contributed by atoms with E-state index in [2.05, 4.69) is 68.4 Å². The number of carbonyl (C=O) groups is 1. The highest BCUT2D eigenvalue weighted by Gasteiger charge is 2.63. The van der Waals surface area contributed by atoms with Crippen LogP contribution >= 0.6 is 0 Å². The summed E-state index contributed by atoms with van der Waals surface area (Å²) >= 11 is 0. The topological polar surface area (TPSA) is 17.1 Å². The Morgan fingerprint density at radius 3 is 2.27 bits per heavy atom. The lowest BCUT2D eigenvalue weighted by atomic mass is 9.43. The minimum atomic E-state index is -0.152. The summed E-state index contributed by atoms with van der Waals surface area (Å²) in [6.45, 7) is 21.9. The third-order valence-electron chi connectivity index (χ3n) is 12.2. The van der Waals surface area contributed by atoms with Gasteiger partial charge in [-0.2, -0.15) is 0 Å². The summed E-state index contributed by atoms with van der Waals surface area (Å²) < 4.78 is 0. The molecule has 0 N–H and O–H groups in total. The summed E-state index contributed by atoms with van der Waals surface area (Å²) in [4.78, 5) is 12.8. The molecule has 186 valence electrons. The Hall–Kier alpha value is -0.850. The lowest BCUT2D eigenvalue weighted by molar-refractivity contribution is -0.139. The molecule has 0 aromatic heterocycles. The number of hydrogen-bond acceptors (Lipinski definition) is 1. The Kier molecular flexibility index (Phi) is 6.41. The van der Waals surface area contributed by atoms with Crippen LogP contribution in [0.2, 0.25) is 0 Å². The molecule has 0 unspecified atom stereocenters. The summed E-state index contributed by atoms with van der Waals surface area (Å²) in [6, 6.07) is 0. The lowest BCUT2D eigenvalue weighted by Gasteiger charge is -2.61. The largest absolute Gasteiger partial charge is 0.299 e. The second-order valence-corrected chi connectivity index (χ2v) is 14.0. The van der Waals surface area contributed by atoms with Crippen molar-refractivity contribution in [2.75, 3.05) is 0 Å². The second kappa shape index (κ2) is 8.37. The SMILES string of the molecule is C/C=C(/CC[C@@H](C)[C@H]1CC[C@@]2(C)C3=C(CC[C@]12C)[C@@]1(C)CCC(=O)C(C)(C)[C@H]1CC3)C(C)C. The van der Waals surface area contributed by atoms with Gasteiger partial charge in [0.1, 0.15) is 5.78 Å². The van der Waals surface area contributed by atoms with Gasteiger partial charge >= 0.3 is 0 Å². The van der Waals surface area contributed by atoms with E-state index in [0.29, 0.717) is 28.4 Å². The van der Waals surface area contributed by atoms with E-state index in [4.69, 9.17) is 0 Å². The zero-order chi connectivity index (χ0) is 24.4. The predicted octanol–water partition coefficient (Wildman–Crippen LogP) is 9.32. The van der Waals surface area contributed by atoms with Gasteiger partial charge in [-0.25, -0.2) is 0 Å². The number of hydrogen-bond donors (Lipinski definition) is 0. The standard InChI is InChI=1S/C32H52O/c1-10-23(21(2)3)12-11-22(4)24-15-19-32(9)26-13-14-27-29(5,6)28(33)17-18-30(27,7)25(26)16-20-31(24,32)8/h10,21-22,24,27H,11-20H2,1-9H3/b23-10-/t22-,24-,27-,30-,31-,32+/m1/s1. The summed E-state index contributed by atoms with van der Waals surface area (Å²) in [5, 5.41) is 0. The molecule has 0 spiro atoms. The molecule has 4 rings (SSSR count). The quantitative estimate of drug-likeness (QED) is 0.380. The van der Waals surface area contributed by atoms with Crippen molar-refractivity contribution in [1.82, 2.24) is 0 Å². The van der Waals surface area contributed by atoms with Crippen molar-refractivity contribution in [3.8, 4) is 0 Å². The molecule has 0 bridgehead atoms. The maximum absolute atomic E-state index is 12.8. The summed E-state index contributed by atoms with van der Waals surface area (Å²) in [5.41, 5.74) is 6.19. The first kappa shape index (κ1) is 25.2. The molecule has 0 radical (unpaired) electrons. The Bertz CT molecular complexity index is 856. The normalized spacial score (nSPS) is 41.6. The van der Waals surface area contributed by atoms with Gasteiger partial charge in [-0.05, 0) is 105 Å². The van der Waals surface area contributed by atoms with Crippen LogP contribution in [0.15, 0.2) is 22.8 Å². The monoisotopic (exact) mass is 452 g/mol. The minimum absolute atomic E-state index is 0.152. The number of allylic oxidation sites excluding steroid dienone is 4. The summed E-state index contributed by atoms with van der Waals surface area (Å²) in [5.74, 6) is 3.36. The molecule has 0 aromatic rings.